The van der Waals surface area contributed by atoms with Gasteiger partial charge in [-0.25, -0.2) is 4.98 Å². The molecule has 0 saturated carbocycles. The van der Waals surface area contributed by atoms with E-state index in [0.717, 1.165) is 0 Å². The van der Waals surface area contributed by atoms with Crippen molar-refractivity contribution in [1.82, 2.24) is 4.98 Å². The third-order valence-electron chi connectivity index (χ3n) is 3.36. The summed E-state index contributed by atoms with van der Waals surface area (Å²) in [7, 11) is 0. The number of nitro groups is 1. The second-order valence-electron chi connectivity index (χ2n) is 5.73. The predicted molar refractivity (Wildman–Crippen MR) is 72.7 cm³/mol. The van der Waals surface area contributed by atoms with Gasteiger partial charge in [-0.2, -0.15) is 0 Å². The standard InChI is InChI=1S/C13H21N3O2/c1-9-6-7-14-12(11(9)16(17)18)15-8-10(2)13(3,4)5/h6-7,10H,8H2,1-5H3,(H,14,15). The quantitative estimate of drug-likeness (QED) is 0.658. The zero-order chi connectivity index (χ0) is 13.9. The van der Waals surface area contributed by atoms with Crippen molar-refractivity contribution < 1.29 is 4.92 Å². The van der Waals surface area contributed by atoms with E-state index in [0.29, 0.717) is 23.8 Å². The number of nitrogens with one attached hydrogen (secondary N) is 1. The van der Waals surface area contributed by atoms with E-state index in [1.807, 2.05) is 0 Å². The molecule has 0 radical (unpaired) electrons. The Balaban J connectivity index is 2.86. The maximum absolute atomic E-state index is 11.0. The molecule has 0 spiro atoms. The Kier molecular flexibility index (Phi) is 4.27. The summed E-state index contributed by atoms with van der Waals surface area (Å²) in [4.78, 5) is 14.7. The molecule has 5 nitrogen and oxygen atoms in total. The second-order valence-corrected chi connectivity index (χ2v) is 5.73. The maximum atomic E-state index is 11.0. The van der Waals surface area contributed by atoms with Crippen LogP contribution in [0.5, 0.6) is 0 Å². The van der Waals surface area contributed by atoms with Crippen LogP contribution in [-0.4, -0.2) is 16.5 Å². The molecule has 18 heavy (non-hydrogen) atoms. The summed E-state index contributed by atoms with van der Waals surface area (Å²) in [6.45, 7) is 11.0. The zero-order valence-electron chi connectivity index (χ0n) is 11.7. The number of aromatic nitrogens is 1. The normalized spacial score (nSPS) is 13.2. The van der Waals surface area contributed by atoms with E-state index in [-0.39, 0.29) is 16.0 Å². The lowest BCUT2D eigenvalue weighted by atomic mass is 9.82. The molecular weight excluding hydrogens is 230 g/mol. The van der Waals surface area contributed by atoms with Gasteiger partial charge in [0.1, 0.15) is 0 Å². The lowest BCUT2D eigenvalue weighted by Gasteiger charge is -2.27. The van der Waals surface area contributed by atoms with Gasteiger partial charge < -0.3 is 5.32 Å². The van der Waals surface area contributed by atoms with E-state index >= 15 is 0 Å². The number of aryl methyl sites for hydroxylation is 1. The molecule has 1 unspecified atom stereocenters. The van der Waals surface area contributed by atoms with Crippen molar-refractivity contribution in [2.24, 2.45) is 11.3 Å². The van der Waals surface area contributed by atoms with Crippen molar-refractivity contribution in [2.75, 3.05) is 11.9 Å². The first-order valence-corrected chi connectivity index (χ1v) is 6.07. The largest absolute Gasteiger partial charge is 0.364 e. The van der Waals surface area contributed by atoms with Crippen molar-refractivity contribution in [1.29, 1.82) is 0 Å². The Labute approximate surface area is 108 Å². The number of anilines is 1. The van der Waals surface area contributed by atoms with Crippen LogP contribution < -0.4 is 5.32 Å². The van der Waals surface area contributed by atoms with E-state index in [1.165, 1.54) is 0 Å². The highest BCUT2D eigenvalue weighted by Crippen LogP contribution is 2.28. The fraction of sp³-hybridized carbons (Fsp3) is 0.615. The van der Waals surface area contributed by atoms with Crippen molar-refractivity contribution in [3.63, 3.8) is 0 Å². The smallest absolute Gasteiger partial charge is 0.314 e. The number of hydrogen-bond donors (Lipinski definition) is 1. The topological polar surface area (TPSA) is 68.1 Å². The molecule has 0 aliphatic carbocycles. The summed E-state index contributed by atoms with van der Waals surface area (Å²) >= 11 is 0. The summed E-state index contributed by atoms with van der Waals surface area (Å²) in [5.41, 5.74) is 0.852. The number of hydrogen-bond acceptors (Lipinski definition) is 4. The summed E-state index contributed by atoms with van der Waals surface area (Å²) in [6, 6.07) is 1.65. The molecule has 1 N–H and O–H groups in total. The van der Waals surface area contributed by atoms with Gasteiger partial charge in [0, 0.05) is 18.3 Å². The molecule has 0 aliphatic rings. The summed E-state index contributed by atoms with van der Waals surface area (Å²) in [5, 5.41) is 14.1. The monoisotopic (exact) mass is 251 g/mol. The molecule has 0 aliphatic heterocycles. The van der Waals surface area contributed by atoms with Gasteiger partial charge in [0.05, 0.1) is 4.92 Å². The molecule has 1 rings (SSSR count). The first-order valence-electron chi connectivity index (χ1n) is 6.07. The lowest BCUT2D eigenvalue weighted by Crippen LogP contribution is -2.25. The Morgan fingerprint density at radius 2 is 2.11 bits per heavy atom. The third kappa shape index (κ3) is 3.42. The summed E-state index contributed by atoms with van der Waals surface area (Å²) in [6.07, 6.45) is 1.59. The van der Waals surface area contributed by atoms with Gasteiger partial charge in [0.25, 0.3) is 0 Å². The Hall–Kier alpha value is -1.65. The van der Waals surface area contributed by atoms with Gasteiger partial charge in [-0.05, 0) is 24.3 Å². The number of pyridine rings is 1. The third-order valence-corrected chi connectivity index (χ3v) is 3.36. The summed E-state index contributed by atoms with van der Waals surface area (Å²) in [5.74, 6) is 0.746. The van der Waals surface area contributed by atoms with E-state index in [4.69, 9.17) is 0 Å². The molecule has 100 valence electrons. The molecule has 0 fully saturated rings. The fourth-order valence-corrected chi connectivity index (χ4v) is 1.47. The van der Waals surface area contributed by atoms with Gasteiger partial charge >= 0.3 is 5.69 Å². The maximum Gasteiger partial charge on any atom is 0.314 e. The van der Waals surface area contributed by atoms with Crippen molar-refractivity contribution in [3.05, 3.63) is 27.9 Å². The van der Waals surface area contributed by atoms with E-state index in [9.17, 15) is 10.1 Å². The van der Waals surface area contributed by atoms with Gasteiger partial charge in [-0.1, -0.05) is 27.7 Å². The first-order chi connectivity index (χ1) is 8.23. The molecule has 0 amide bonds. The van der Waals surface area contributed by atoms with Crippen molar-refractivity contribution in [3.8, 4) is 0 Å². The molecule has 1 aromatic heterocycles. The van der Waals surface area contributed by atoms with Gasteiger partial charge in [0.2, 0.25) is 5.82 Å². The summed E-state index contributed by atoms with van der Waals surface area (Å²) < 4.78 is 0. The van der Waals surface area contributed by atoms with E-state index in [2.05, 4.69) is 38.0 Å². The SMILES string of the molecule is Cc1ccnc(NCC(C)C(C)(C)C)c1[N+](=O)[O-]. The van der Waals surface area contributed by atoms with Crippen LogP contribution in [0.3, 0.4) is 0 Å². The first kappa shape index (κ1) is 14.4. The molecular formula is C13H21N3O2. The molecule has 0 saturated heterocycles. The Bertz CT molecular complexity index is 438. The molecule has 0 aromatic carbocycles. The van der Waals surface area contributed by atoms with Gasteiger partial charge in [0.15, 0.2) is 0 Å². The van der Waals surface area contributed by atoms with Gasteiger partial charge in [-0.15, -0.1) is 0 Å². The zero-order valence-corrected chi connectivity index (χ0v) is 11.7. The minimum absolute atomic E-state index is 0.0682. The Morgan fingerprint density at radius 3 is 2.61 bits per heavy atom. The van der Waals surface area contributed by atoms with Crippen LogP contribution in [0.25, 0.3) is 0 Å². The molecule has 5 heteroatoms. The molecule has 1 heterocycles. The highest BCUT2D eigenvalue weighted by Gasteiger charge is 2.22. The van der Waals surface area contributed by atoms with Crippen LogP contribution in [0, 0.1) is 28.4 Å². The number of nitrogens with zero attached hydrogens (tertiary/aromatic N) is 2. The van der Waals surface area contributed by atoms with E-state index < -0.39 is 0 Å². The van der Waals surface area contributed by atoms with Crippen LogP contribution in [0.15, 0.2) is 12.3 Å². The highest BCUT2D eigenvalue weighted by atomic mass is 16.6. The second kappa shape index (κ2) is 5.33. The minimum Gasteiger partial charge on any atom is -0.364 e. The highest BCUT2D eigenvalue weighted by molar-refractivity contribution is 5.59. The van der Waals surface area contributed by atoms with Crippen LogP contribution in [0.1, 0.15) is 33.3 Å². The minimum atomic E-state index is -0.383. The van der Waals surface area contributed by atoms with Crippen LogP contribution in [0.2, 0.25) is 0 Å². The van der Waals surface area contributed by atoms with Crippen molar-refractivity contribution >= 4 is 11.5 Å². The Morgan fingerprint density at radius 1 is 1.50 bits per heavy atom. The molecule has 1 aromatic rings. The van der Waals surface area contributed by atoms with Gasteiger partial charge in [-0.3, -0.25) is 10.1 Å². The average molecular weight is 251 g/mol. The molecule has 1 atom stereocenters. The fourth-order valence-electron chi connectivity index (χ4n) is 1.47. The average Bonchev–Trinajstić information content (AvgIpc) is 2.23. The van der Waals surface area contributed by atoms with Crippen LogP contribution >= 0.6 is 0 Å². The van der Waals surface area contributed by atoms with Crippen LogP contribution in [-0.2, 0) is 0 Å². The van der Waals surface area contributed by atoms with E-state index in [1.54, 1.807) is 19.2 Å². The predicted octanol–water partition coefficient (Wildman–Crippen LogP) is 3.39. The number of rotatable bonds is 4. The lowest BCUT2D eigenvalue weighted by molar-refractivity contribution is -0.384. The van der Waals surface area contributed by atoms with Crippen LogP contribution in [0.4, 0.5) is 11.5 Å². The molecule has 0 bridgehead atoms. The van der Waals surface area contributed by atoms with Crippen molar-refractivity contribution in [2.45, 2.75) is 34.6 Å².